The van der Waals surface area contributed by atoms with Gasteiger partial charge in [-0.25, -0.2) is 4.79 Å². The van der Waals surface area contributed by atoms with Crippen LogP contribution in [0.4, 0.5) is 0 Å². The zero-order valence-corrected chi connectivity index (χ0v) is 12.9. The minimum absolute atomic E-state index is 0.248. The van der Waals surface area contributed by atoms with Gasteiger partial charge in [0.1, 0.15) is 11.3 Å². The maximum atomic E-state index is 10.9. The van der Waals surface area contributed by atoms with E-state index in [1.807, 2.05) is 43.3 Å². The Bertz CT molecular complexity index is 1040. The van der Waals surface area contributed by atoms with Crippen LogP contribution < -0.4 is 0 Å². The zero-order chi connectivity index (χ0) is 16.7. The predicted octanol–water partition coefficient (Wildman–Crippen LogP) is 5.37. The van der Waals surface area contributed by atoms with Crippen LogP contribution in [0.2, 0.25) is 0 Å². The van der Waals surface area contributed by atoms with Gasteiger partial charge in [0, 0.05) is 10.9 Å². The molecule has 0 fully saturated rings. The van der Waals surface area contributed by atoms with Crippen LogP contribution >= 0.6 is 0 Å². The van der Waals surface area contributed by atoms with Gasteiger partial charge in [0.2, 0.25) is 0 Å². The summed E-state index contributed by atoms with van der Waals surface area (Å²) in [6.07, 6.45) is 0. The molecule has 0 spiro atoms. The summed E-state index contributed by atoms with van der Waals surface area (Å²) in [6, 6.07) is 18.3. The van der Waals surface area contributed by atoms with Crippen LogP contribution in [0.1, 0.15) is 15.9 Å². The molecule has 4 nitrogen and oxygen atoms in total. The van der Waals surface area contributed by atoms with E-state index in [9.17, 15) is 4.79 Å². The lowest BCUT2D eigenvalue weighted by Crippen LogP contribution is -1.94. The normalized spacial score (nSPS) is 11.0. The second-order valence-corrected chi connectivity index (χ2v) is 5.65. The molecule has 0 aliphatic rings. The molecule has 2 aromatic carbocycles. The standard InChI is InChI=1S/C20H14O4/c1-12-3-2-4-15-11-18(24-19(12)15)17-10-9-16(23-17)13-5-7-14(8-6-13)20(21)22/h2-11H,1H3,(H,21,22). The maximum absolute atomic E-state index is 10.9. The molecule has 4 rings (SSSR count). The van der Waals surface area contributed by atoms with Gasteiger partial charge in [-0.2, -0.15) is 0 Å². The van der Waals surface area contributed by atoms with E-state index in [4.69, 9.17) is 13.9 Å². The molecule has 24 heavy (non-hydrogen) atoms. The number of aromatic carboxylic acids is 1. The smallest absolute Gasteiger partial charge is 0.335 e. The number of fused-ring (bicyclic) bond motifs is 1. The van der Waals surface area contributed by atoms with Crippen molar-refractivity contribution in [3.05, 3.63) is 71.8 Å². The lowest BCUT2D eigenvalue weighted by Gasteiger charge is -1.98. The van der Waals surface area contributed by atoms with E-state index in [2.05, 4.69) is 0 Å². The molecule has 2 aromatic heterocycles. The molecular formula is C20H14O4. The minimum Gasteiger partial charge on any atom is -0.478 e. The number of para-hydroxylation sites is 1. The fourth-order valence-electron chi connectivity index (χ4n) is 2.73. The molecule has 118 valence electrons. The van der Waals surface area contributed by atoms with Crippen molar-refractivity contribution >= 4 is 16.9 Å². The van der Waals surface area contributed by atoms with Crippen molar-refractivity contribution in [1.82, 2.24) is 0 Å². The molecule has 0 unspecified atom stereocenters. The SMILES string of the molecule is Cc1cccc2cc(-c3ccc(-c4ccc(C(=O)O)cc4)o3)oc12. The molecular weight excluding hydrogens is 304 g/mol. The van der Waals surface area contributed by atoms with Crippen molar-refractivity contribution in [3.8, 4) is 22.8 Å². The molecule has 2 heterocycles. The highest BCUT2D eigenvalue weighted by Gasteiger charge is 2.13. The summed E-state index contributed by atoms with van der Waals surface area (Å²) in [5, 5.41) is 9.99. The van der Waals surface area contributed by atoms with Crippen LogP contribution in [-0.4, -0.2) is 11.1 Å². The molecule has 4 heteroatoms. The summed E-state index contributed by atoms with van der Waals surface area (Å²) >= 11 is 0. The first-order chi connectivity index (χ1) is 11.6. The third-order valence-corrected chi connectivity index (χ3v) is 4.01. The van der Waals surface area contributed by atoms with E-state index < -0.39 is 5.97 Å². The van der Waals surface area contributed by atoms with Crippen molar-refractivity contribution < 1.29 is 18.7 Å². The molecule has 0 saturated carbocycles. The molecule has 0 aliphatic carbocycles. The van der Waals surface area contributed by atoms with E-state index >= 15 is 0 Å². The Labute approximate surface area is 138 Å². The summed E-state index contributed by atoms with van der Waals surface area (Å²) < 4.78 is 11.8. The van der Waals surface area contributed by atoms with Crippen molar-refractivity contribution in [2.75, 3.05) is 0 Å². The van der Waals surface area contributed by atoms with Crippen molar-refractivity contribution in [1.29, 1.82) is 0 Å². The molecule has 0 bridgehead atoms. The summed E-state index contributed by atoms with van der Waals surface area (Å²) in [5.74, 6) is 1.04. The summed E-state index contributed by atoms with van der Waals surface area (Å²) in [5.41, 5.74) is 3.00. The summed E-state index contributed by atoms with van der Waals surface area (Å²) in [7, 11) is 0. The molecule has 4 aromatic rings. The average molecular weight is 318 g/mol. The third-order valence-electron chi connectivity index (χ3n) is 4.01. The van der Waals surface area contributed by atoms with Gasteiger partial charge in [0.05, 0.1) is 5.56 Å². The minimum atomic E-state index is -0.945. The zero-order valence-electron chi connectivity index (χ0n) is 12.9. The highest BCUT2D eigenvalue weighted by Crippen LogP contribution is 2.33. The van der Waals surface area contributed by atoms with Crippen molar-refractivity contribution in [2.24, 2.45) is 0 Å². The van der Waals surface area contributed by atoms with Gasteiger partial charge >= 0.3 is 5.97 Å². The molecule has 0 radical (unpaired) electrons. The Morgan fingerprint density at radius 1 is 0.875 bits per heavy atom. The molecule has 0 atom stereocenters. The van der Waals surface area contributed by atoms with E-state index in [1.54, 1.807) is 24.3 Å². The second kappa shape index (κ2) is 5.42. The van der Waals surface area contributed by atoms with E-state index in [0.29, 0.717) is 17.3 Å². The first-order valence-corrected chi connectivity index (χ1v) is 7.55. The summed E-state index contributed by atoms with van der Waals surface area (Å²) in [4.78, 5) is 10.9. The van der Waals surface area contributed by atoms with Gasteiger partial charge in [0.25, 0.3) is 0 Å². The Kier molecular flexibility index (Phi) is 3.24. The number of hydrogen-bond acceptors (Lipinski definition) is 3. The monoisotopic (exact) mass is 318 g/mol. The maximum Gasteiger partial charge on any atom is 0.335 e. The van der Waals surface area contributed by atoms with Crippen LogP contribution in [0.3, 0.4) is 0 Å². The Morgan fingerprint density at radius 3 is 2.33 bits per heavy atom. The Balaban J connectivity index is 1.71. The van der Waals surface area contributed by atoms with E-state index in [1.165, 1.54) is 0 Å². The number of furan rings is 2. The number of aryl methyl sites for hydroxylation is 1. The Morgan fingerprint density at radius 2 is 1.62 bits per heavy atom. The van der Waals surface area contributed by atoms with Crippen LogP contribution in [0.15, 0.2) is 69.5 Å². The number of rotatable bonds is 3. The van der Waals surface area contributed by atoms with Gasteiger partial charge in [-0.15, -0.1) is 0 Å². The topological polar surface area (TPSA) is 63.6 Å². The van der Waals surface area contributed by atoms with Crippen molar-refractivity contribution in [2.45, 2.75) is 6.92 Å². The van der Waals surface area contributed by atoms with Crippen LogP contribution in [-0.2, 0) is 0 Å². The molecule has 0 saturated heterocycles. The number of hydrogen-bond donors (Lipinski definition) is 1. The quantitative estimate of drug-likeness (QED) is 0.552. The Hall–Kier alpha value is -3.27. The number of carboxylic acids is 1. The lowest BCUT2D eigenvalue weighted by atomic mass is 10.1. The highest BCUT2D eigenvalue weighted by molar-refractivity contribution is 5.88. The van der Waals surface area contributed by atoms with E-state index in [-0.39, 0.29) is 5.56 Å². The third kappa shape index (κ3) is 2.38. The first kappa shape index (κ1) is 14.3. The van der Waals surface area contributed by atoms with Crippen LogP contribution in [0.5, 0.6) is 0 Å². The van der Waals surface area contributed by atoms with Gasteiger partial charge in [-0.1, -0.05) is 30.3 Å². The number of carboxylic acid groups (broad SMARTS) is 1. The lowest BCUT2D eigenvalue weighted by molar-refractivity contribution is 0.0697. The van der Waals surface area contributed by atoms with E-state index in [0.717, 1.165) is 22.1 Å². The first-order valence-electron chi connectivity index (χ1n) is 7.55. The number of carbonyl (C=O) groups is 1. The predicted molar refractivity (Wildman–Crippen MR) is 91.0 cm³/mol. The van der Waals surface area contributed by atoms with Crippen molar-refractivity contribution in [3.63, 3.8) is 0 Å². The average Bonchev–Trinajstić information content (AvgIpc) is 3.22. The van der Waals surface area contributed by atoms with Gasteiger partial charge in [-0.05, 0) is 42.8 Å². The molecule has 0 aliphatic heterocycles. The van der Waals surface area contributed by atoms with Gasteiger partial charge < -0.3 is 13.9 Å². The van der Waals surface area contributed by atoms with Crippen LogP contribution in [0.25, 0.3) is 33.8 Å². The fourth-order valence-corrected chi connectivity index (χ4v) is 2.73. The van der Waals surface area contributed by atoms with Gasteiger partial charge in [-0.3, -0.25) is 0 Å². The highest BCUT2D eigenvalue weighted by atomic mass is 16.4. The molecule has 0 amide bonds. The second-order valence-electron chi connectivity index (χ2n) is 5.65. The number of benzene rings is 2. The van der Waals surface area contributed by atoms with Crippen LogP contribution in [0, 0.1) is 6.92 Å². The fraction of sp³-hybridized carbons (Fsp3) is 0.0500. The van der Waals surface area contributed by atoms with Gasteiger partial charge in [0.15, 0.2) is 11.5 Å². The molecule has 1 N–H and O–H groups in total. The largest absolute Gasteiger partial charge is 0.478 e. The summed E-state index contributed by atoms with van der Waals surface area (Å²) in [6.45, 7) is 2.01.